The maximum absolute atomic E-state index is 7.62. The maximum Gasteiger partial charge on any atom is 0.0618 e. The molecule has 0 N–H and O–H groups in total. The minimum atomic E-state index is 0. The van der Waals surface area contributed by atoms with Crippen LogP contribution in [0.3, 0.4) is 0 Å². The number of rotatable bonds is 7. The van der Waals surface area contributed by atoms with E-state index in [4.69, 9.17) is 5.26 Å². The fourth-order valence-electron chi connectivity index (χ4n) is 1.21. The third-order valence-corrected chi connectivity index (χ3v) is 2.12. The molecule has 0 aliphatic carbocycles. The third-order valence-electron chi connectivity index (χ3n) is 2.12. The van der Waals surface area contributed by atoms with Gasteiger partial charge in [0.05, 0.1) is 6.07 Å². The van der Waals surface area contributed by atoms with Crippen LogP contribution in [-0.2, 0) is 0 Å². The molecule has 0 rings (SSSR count). The monoisotopic (exact) mass is 233 g/mol. The molecule has 0 saturated carbocycles. The van der Waals surface area contributed by atoms with Gasteiger partial charge in [-0.2, -0.15) is 5.26 Å². The normalized spacial score (nSPS) is 8.13. The minimum Gasteiger partial charge on any atom is -0.198 e. The molecule has 0 aliphatic rings. The van der Waals surface area contributed by atoms with E-state index in [0.29, 0.717) is 6.42 Å². The molecule has 0 aromatic rings. The molecule has 0 bridgehead atoms. The highest BCUT2D eigenvalue weighted by Gasteiger charge is 1.87. The highest BCUT2D eigenvalue weighted by Crippen LogP contribution is 2.07. The Hall–Kier alpha value is -0.220. The van der Waals surface area contributed by atoms with Crippen molar-refractivity contribution in [2.75, 3.05) is 0 Å². The largest absolute Gasteiger partial charge is 0.198 e. The van der Waals surface area contributed by atoms with Gasteiger partial charge in [-0.3, -0.25) is 0 Å². The Morgan fingerprint density at radius 1 is 0.733 bits per heavy atom. The van der Waals surface area contributed by atoms with E-state index in [9.17, 15) is 0 Å². The van der Waals surface area contributed by atoms with Crippen LogP contribution in [0, 0.1) is 11.3 Å². The van der Waals surface area contributed by atoms with Crippen molar-refractivity contribution in [1.29, 1.82) is 5.26 Å². The van der Waals surface area contributed by atoms with Gasteiger partial charge >= 0.3 is 0 Å². The molecular formula is C13H28ClN. The summed E-state index contributed by atoms with van der Waals surface area (Å²) in [5, 5.41) is 7.62. The first kappa shape index (κ1) is 20.2. The Bertz CT molecular complexity index is 110. The second-order valence-electron chi connectivity index (χ2n) is 3.63. The van der Waals surface area contributed by atoms with E-state index in [1.807, 2.05) is 13.0 Å². The first-order valence-electron chi connectivity index (χ1n) is 6.20. The summed E-state index contributed by atoms with van der Waals surface area (Å²) in [4.78, 5) is 0. The van der Waals surface area contributed by atoms with Crippen molar-refractivity contribution in [1.82, 2.24) is 0 Å². The molecule has 0 aliphatic heterocycles. The van der Waals surface area contributed by atoms with Crippen LogP contribution in [0.5, 0.6) is 0 Å². The zero-order chi connectivity index (χ0) is 11.1. The third kappa shape index (κ3) is 31.6. The predicted molar refractivity (Wildman–Crippen MR) is 71.4 cm³/mol. The van der Waals surface area contributed by atoms with Gasteiger partial charge in [-0.1, -0.05) is 72.1 Å². The summed E-state index contributed by atoms with van der Waals surface area (Å²) in [5.74, 6) is 0. The maximum atomic E-state index is 7.62. The van der Waals surface area contributed by atoms with Crippen LogP contribution in [0.1, 0.15) is 78.6 Å². The zero-order valence-corrected chi connectivity index (χ0v) is 11.5. The molecule has 2 heteroatoms. The Labute approximate surface area is 103 Å². The smallest absolute Gasteiger partial charge is 0.0618 e. The number of nitrogens with zero attached hydrogens (tertiary/aromatic N) is 1. The van der Waals surface area contributed by atoms with E-state index < -0.39 is 0 Å². The lowest BCUT2D eigenvalue weighted by atomic mass is 10.1. The average molecular weight is 234 g/mol. The summed E-state index contributed by atoms with van der Waals surface area (Å²) in [6.07, 6.45) is 12.1. The standard InChI is InChI=1S/C10H22.C3H5N.ClH/c1-3-5-7-9-10-8-6-4-2;1-2-3-4;/h3-10H2,1-2H3;2H2,1H3;1H. The predicted octanol–water partition coefficient (Wildman–Crippen LogP) is 5.49. The molecule has 15 heavy (non-hydrogen) atoms. The van der Waals surface area contributed by atoms with Gasteiger partial charge in [0.25, 0.3) is 0 Å². The summed E-state index contributed by atoms with van der Waals surface area (Å²) in [7, 11) is 0. The molecule has 92 valence electrons. The SMILES string of the molecule is CCC#N.CCCCCCCCCC.Cl. The molecular weight excluding hydrogens is 206 g/mol. The average Bonchev–Trinajstić information content (AvgIpc) is 2.24. The molecule has 0 aromatic carbocycles. The molecule has 0 saturated heterocycles. The second kappa shape index (κ2) is 23.5. The lowest BCUT2D eigenvalue weighted by Crippen LogP contribution is -1.77. The van der Waals surface area contributed by atoms with E-state index in [2.05, 4.69) is 13.8 Å². The number of hydrogen-bond donors (Lipinski definition) is 0. The van der Waals surface area contributed by atoms with Crippen LogP contribution in [-0.4, -0.2) is 0 Å². The van der Waals surface area contributed by atoms with Gasteiger partial charge in [0.2, 0.25) is 0 Å². The summed E-state index contributed by atoms with van der Waals surface area (Å²) in [5.41, 5.74) is 0. The van der Waals surface area contributed by atoms with Crippen LogP contribution in [0.2, 0.25) is 0 Å². The zero-order valence-electron chi connectivity index (χ0n) is 10.7. The topological polar surface area (TPSA) is 23.8 Å². The van der Waals surface area contributed by atoms with Crippen molar-refractivity contribution in [3.05, 3.63) is 0 Å². The number of halogens is 1. The van der Waals surface area contributed by atoms with Crippen molar-refractivity contribution >= 4 is 12.4 Å². The van der Waals surface area contributed by atoms with Gasteiger partial charge < -0.3 is 0 Å². The van der Waals surface area contributed by atoms with Gasteiger partial charge in [0.1, 0.15) is 0 Å². The summed E-state index contributed by atoms with van der Waals surface area (Å²) in [6, 6.07) is 1.93. The number of hydrogen-bond acceptors (Lipinski definition) is 1. The second-order valence-corrected chi connectivity index (χ2v) is 3.63. The molecule has 0 radical (unpaired) electrons. The van der Waals surface area contributed by atoms with Crippen molar-refractivity contribution < 1.29 is 0 Å². The van der Waals surface area contributed by atoms with Gasteiger partial charge in [-0.05, 0) is 0 Å². The summed E-state index contributed by atoms with van der Waals surface area (Å²) < 4.78 is 0. The Morgan fingerprint density at radius 2 is 1.00 bits per heavy atom. The fraction of sp³-hybridized carbons (Fsp3) is 0.923. The molecule has 0 aromatic heterocycles. The van der Waals surface area contributed by atoms with Crippen LogP contribution < -0.4 is 0 Å². The van der Waals surface area contributed by atoms with Crippen molar-refractivity contribution in [2.24, 2.45) is 0 Å². The quantitative estimate of drug-likeness (QED) is 0.534. The molecule has 1 nitrogen and oxygen atoms in total. The highest BCUT2D eigenvalue weighted by atomic mass is 35.5. The van der Waals surface area contributed by atoms with Crippen molar-refractivity contribution in [3.8, 4) is 6.07 Å². The van der Waals surface area contributed by atoms with E-state index >= 15 is 0 Å². The molecule has 0 atom stereocenters. The lowest BCUT2D eigenvalue weighted by Gasteiger charge is -1.97. The van der Waals surface area contributed by atoms with Crippen LogP contribution >= 0.6 is 12.4 Å². The molecule has 0 fully saturated rings. The van der Waals surface area contributed by atoms with Crippen molar-refractivity contribution in [3.63, 3.8) is 0 Å². The minimum absolute atomic E-state index is 0. The lowest BCUT2D eigenvalue weighted by molar-refractivity contribution is 0.585. The molecule has 0 heterocycles. The van der Waals surface area contributed by atoms with Crippen LogP contribution in [0.4, 0.5) is 0 Å². The summed E-state index contributed by atoms with van der Waals surface area (Å²) >= 11 is 0. The van der Waals surface area contributed by atoms with Crippen LogP contribution in [0.25, 0.3) is 0 Å². The highest BCUT2D eigenvalue weighted by molar-refractivity contribution is 5.85. The molecule has 0 amide bonds. The molecule has 0 spiro atoms. The number of nitriles is 1. The van der Waals surface area contributed by atoms with Crippen molar-refractivity contribution in [2.45, 2.75) is 78.6 Å². The van der Waals surface area contributed by atoms with Gasteiger partial charge in [0.15, 0.2) is 0 Å². The molecule has 0 unspecified atom stereocenters. The van der Waals surface area contributed by atoms with E-state index in [1.54, 1.807) is 0 Å². The van der Waals surface area contributed by atoms with E-state index in [-0.39, 0.29) is 12.4 Å². The Kier molecular flexibility index (Phi) is 31.7. The Balaban J connectivity index is -0.000000249. The van der Waals surface area contributed by atoms with Crippen LogP contribution in [0.15, 0.2) is 0 Å². The van der Waals surface area contributed by atoms with Gasteiger partial charge in [-0.25, -0.2) is 0 Å². The first-order valence-corrected chi connectivity index (χ1v) is 6.20. The van der Waals surface area contributed by atoms with E-state index in [1.165, 1.54) is 51.4 Å². The Morgan fingerprint density at radius 3 is 1.20 bits per heavy atom. The number of unbranched alkanes of at least 4 members (excludes halogenated alkanes) is 7. The van der Waals surface area contributed by atoms with Gasteiger partial charge in [-0.15, -0.1) is 12.4 Å². The summed E-state index contributed by atoms with van der Waals surface area (Å²) in [6.45, 7) is 6.36. The fourth-order valence-corrected chi connectivity index (χ4v) is 1.21. The van der Waals surface area contributed by atoms with E-state index in [0.717, 1.165) is 0 Å². The van der Waals surface area contributed by atoms with Gasteiger partial charge in [0, 0.05) is 6.42 Å². The first-order chi connectivity index (χ1) is 6.83.